The molecule has 1 unspecified atom stereocenters. The van der Waals surface area contributed by atoms with Crippen molar-refractivity contribution in [2.24, 2.45) is 0 Å². The number of ether oxygens (including phenoxy) is 4. The molecule has 0 radical (unpaired) electrons. The van der Waals surface area contributed by atoms with Gasteiger partial charge in [0.1, 0.15) is 6.61 Å². The SMILES string of the molecule is COc1ccc(CCN(C)C(=O)C2COc3ccccc3O2)cc1OC. The second kappa shape index (κ2) is 7.99. The standard InChI is InChI=1S/C20H23NO5/c1-21(11-10-14-8-9-15(23-2)18(12-14)24-3)20(22)19-13-25-16-6-4-5-7-17(16)26-19/h4-9,12,19H,10-11,13H2,1-3H3. The number of para-hydroxylation sites is 2. The van der Waals surface area contributed by atoms with Crippen LogP contribution in [0.25, 0.3) is 0 Å². The third-order valence-electron chi connectivity index (χ3n) is 4.34. The highest BCUT2D eigenvalue weighted by Crippen LogP contribution is 2.31. The lowest BCUT2D eigenvalue weighted by atomic mass is 10.1. The zero-order chi connectivity index (χ0) is 18.5. The fraction of sp³-hybridized carbons (Fsp3) is 0.350. The summed E-state index contributed by atoms with van der Waals surface area (Å²) in [6.07, 6.45) is 0.0764. The summed E-state index contributed by atoms with van der Waals surface area (Å²) in [5.41, 5.74) is 1.06. The first kappa shape index (κ1) is 17.9. The molecule has 1 amide bonds. The number of benzene rings is 2. The van der Waals surface area contributed by atoms with E-state index >= 15 is 0 Å². The first-order valence-electron chi connectivity index (χ1n) is 8.46. The van der Waals surface area contributed by atoms with E-state index in [0.717, 1.165) is 5.56 Å². The smallest absolute Gasteiger partial charge is 0.267 e. The molecular weight excluding hydrogens is 334 g/mol. The summed E-state index contributed by atoms with van der Waals surface area (Å²) >= 11 is 0. The number of amides is 1. The van der Waals surface area contributed by atoms with Gasteiger partial charge in [0, 0.05) is 13.6 Å². The molecule has 2 aromatic carbocycles. The maximum atomic E-state index is 12.6. The molecule has 0 spiro atoms. The van der Waals surface area contributed by atoms with Crippen LogP contribution in [0.2, 0.25) is 0 Å². The van der Waals surface area contributed by atoms with E-state index in [1.54, 1.807) is 32.2 Å². The molecule has 138 valence electrons. The molecule has 0 saturated heterocycles. The summed E-state index contributed by atoms with van der Waals surface area (Å²) in [6, 6.07) is 13.1. The molecule has 6 heteroatoms. The Labute approximate surface area is 153 Å². The zero-order valence-corrected chi connectivity index (χ0v) is 15.2. The molecule has 0 fully saturated rings. The van der Waals surface area contributed by atoms with Gasteiger partial charge in [-0.1, -0.05) is 18.2 Å². The van der Waals surface area contributed by atoms with Crippen molar-refractivity contribution >= 4 is 5.91 Å². The number of likely N-dealkylation sites (N-methyl/N-ethyl adjacent to an activating group) is 1. The number of hydrogen-bond donors (Lipinski definition) is 0. The van der Waals surface area contributed by atoms with Crippen molar-refractivity contribution in [1.82, 2.24) is 4.90 Å². The number of fused-ring (bicyclic) bond motifs is 1. The van der Waals surface area contributed by atoms with E-state index in [9.17, 15) is 4.79 Å². The maximum absolute atomic E-state index is 12.6. The van der Waals surface area contributed by atoms with Gasteiger partial charge in [0.25, 0.3) is 5.91 Å². The molecule has 1 aliphatic rings. The van der Waals surface area contributed by atoms with E-state index in [2.05, 4.69) is 0 Å². The number of carbonyl (C=O) groups is 1. The number of nitrogens with zero attached hydrogens (tertiary/aromatic N) is 1. The highest BCUT2D eigenvalue weighted by Gasteiger charge is 2.29. The third-order valence-corrected chi connectivity index (χ3v) is 4.34. The van der Waals surface area contributed by atoms with Crippen LogP contribution < -0.4 is 18.9 Å². The fourth-order valence-corrected chi connectivity index (χ4v) is 2.83. The van der Waals surface area contributed by atoms with E-state index in [4.69, 9.17) is 18.9 Å². The van der Waals surface area contributed by atoms with E-state index < -0.39 is 6.10 Å². The Morgan fingerprint density at radius 1 is 1.12 bits per heavy atom. The Kier molecular flexibility index (Phi) is 5.51. The summed E-state index contributed by atoms with van der Waals surface area (Å²) in [4.78, 5) is 14.3. The van der Waals surface area contributed by atoms with Crippen LogP contribution in [0.1, 0.15) is 5.56 Å². The van der Waals surface area contributed by atoms with Gasteiger partial charge in [-0.25, -0.2) is 0 Å². The normalized spacial score (nSPS) is 15.3. The molecule has 0 aromatic heterocycles. The van der Waals surface area contributed by atoms with Crippen LogP contribution in [0.5, 0.6) is 23.0 Å². The topological polar surface area (TPSA) is 57.2 Å². The van der Waals surface area contributed by atoms with Crippen LogP contribution >= 0.6 is 0 Å². The summed E-state index contributed by atoms with van der Waals surface area (Å²) in [5, 5.41) is 0. The maximum Gasteiger partial charge on any atom is 0.267 e. The van der Waals surface area contributed by atoms with Gasteiger partial charge < -0.3 is 23.8 Å². The van der Waals surface area contributed by atoms with Gasteiger partial charge in [-0.3, -0.25) is 4.79 Å². The van der Waals surface area contributed by atoms with Gasteiger partial charge in [0.05, 0.1) is 14.2 Å². The first-order chi connectivity index (χ1) is 12.6. The van der Waals surface area contributed by atoms with Gasteiger partial charge in [0.15, 0.2) is 23.0 Å². The lowest BCUT2D eigenvalue weighted by Crippen LogP contribution is -2.45. The van der Waals surface area contributed by atoms with Crippen molar-refractivity contribution in [2.45, 2.75) is 12.5 Å². The molecule has 2 aromatic rings. The predicted molar refractivity (Wildman–Crippen MR) is 97.2 cm³/mol. The fourth-order valence-electron chi connectivity index (χ4n) is 2.83. The summed E-state index contributed by atoms with van der Waals surface area (Å²) < 4.78 is 22.0. The largest absolute Gasteiger partial charge is 0.493 e. The minimum Gasteiger partial charge on any atom is -0.493 e. The zero-order valence-electron chi connectivity index (χ0n) is 15.2. The molecular formula is C20H23NO5. The Morgan fingerprint density at radius 3 is 2.58 bits per heavy atom. The Balaban J connectivity index is 1.58. The summed E-state index contributed by atoms with van der Waals surface area (Å²) in [6.45, 7) is 0.784. The minimum atomic E-state index is -0.625. The van der Waals surface area contributed by atoms with E-state index in [1.165, 1.54) is 0 Å². The van der Waals surface area contributed by atoms with E-state index in [0.29, 0.717) is 36.0 Å². The molecule has 3 rings (SSSR count). The monoisotopic (exact) mass is 357 g/mol. The summed E-state index contributed by atoms with van der Waals surface area (Å²) in [7, 11) is 4.98. The molecule has 0 aliphatic carbocycles. The number of hydrogen-bond acceptors (Lipinski definition) is 5. The van der Waals surface area contributed by atoms with Crippen LogP contribution in [0.3, 0.4) is 0 Å². The Morgan fingerprint density at radius 2 is 1.85 bits per heavy atom. The van der Waals surface area contributed by atoms with E-state index in [1.807, 2.05) is 36.4 Å². The summed E-state index contributed by atoms with van der Waals surface area (Å²) in [5.74, 6) is 2.54. The van der Waals surface area contributed by atoms with Crippen LogP contribution in [-0.4, -0.2) is 51.3 Å². The number of carbonyl (C=O) groups excluding carboxylic acids is 1. The van der Waals surface area contributed by atoms with Crippen molar-refractivity contribution in [3.8, 4) is 23.0 Å². The van der Waals surface area contributed by atoms with Crippen LogP contribution in [0, 0.1) is 0 Å². The average Bonchev–Trinajstić information content (AvgIpc) is 2.70. The van der Waals surface area contributed by atoms with Crippen molar-refractivity contribution in [1.29, 1.82) is 0 Å². The highest BCUT2D eigenvalue weighted by atomic mass is 16.6. The van der Waals surface area contributed by atoms with E-state index in [-0.39, 0.29) is 12.5 Å². The van der Waals surface area contributed by atoms with Crippen molar-refractivity contribution in [3.05, 3.63) is 48.0 Å². The molecule has 0 N–H and O–H groups in total. The molecule has 1 heterocycles. The minimum absolute atomic E-state index is 0.0972. The molecule has 0 saturated carbocycles. The second-order valence-electron chi connectivity index (χ2n) is 6.06. The Bertz CT molecular complexity index is 777. The molecule has 1 aliphatic heterocycles. The number of rotatable bonds is 6. The van der Waals surface area contributed by atoms with Gasteiger partial charge in [-0.05, 0) is 36.2 Å². The number of methoxy groups -OCH3 is 2. The van der Waals surface area contributed by atoms with Crippen molar-refractivity contribution < 1.29 is 23.7 Å². The molecule has 1 atom stereocenters. The van der Waals surface area contributed by atoms with Crippen LogP contribution in [0.4, 0.5) is 0 Å². The van der Waals surface area contributed by atoms with Crippen LogP contribution in [0.15, 0.2) is 42.5 Å². The average molecular weight is 357 g/mol. The van der Waals surface area contributed by atoms with Gasteiger partial charge >= 0.3 is 0 Å². The predicted octanol–water partition coefficient (Wildman–Crippen LogP) is 2.54. The lowest BCUT2D eigenvalue weighted by Gasteiger charge is -2.28. The van der Waals surface area contributed by atoms with Crippen molar-refractivity contribution in [2.75, 3.05) is 34.4 Å². The quantitative estimate of drug-likeness (QED) is 0.795. The van der Waals surface area contributed by atoms with Gasteiger partial charge in [0.2, 0.25) is 6.10 Å². The molecule has 0 bridgehead atoms. The highest BCUT2D eigenvalue weighted by molar-refractivity contribution is 5.81. The second-order valence-corrected chi connectivity index (χ2v) is 6.06. The van der Waals surface area contributed by atoms with Gasteiger partial charge in [-0.15, -0.1) is 0 Å². The van der Waals surface area contributed by atoms with Gasteiger partial charge in [-0.2, -0.15) is 0 Å². The van der Waals surface area contributed by atoms with Crippen molar-refractivity contribution in [3.63, 3.8) is 0 Å². The molecule has 6 nitrogen and oxygen atoms in total. The lowest BCUT2D eigenvalue weighted by molar-refractivity contribution is -0.139. The van der Waals surface area contributed by atoms with Crippen LogP contribution in [-0.2, 0) is 11.2 Å². The molecule has 26 heavy (non-hydrogen) atoms. The Hall–Kier alpha value is -2.89. The third kappa shape index (κ3) is 3.85. The first-order valence-corrected chi connectivity index (χ1v) is 8.46.